The van der Waals surface area contributed by atoms with Crippen LogP contribution in [-0.2, 0) is 11.4 Å². The Hall–Kier alpha value is -1.73. The molecule has 0 spiro atoms. The van der Waals surface area contributed by atoms with Gasteiger partial charge in [-0.05, 0) is 50.7 Å². The van der Waals surface area contributed by atoms with Crippen LogP contribution in [-0.4, -0.2) is 43.9 Å². The number of carbonyl (C=O) groups excluding carboxylic acids is 1. The third kappa shape index (κ3) is 5.95. The van der Waals surface area contributed by atoms with Gasteiger partial charge in [0.05, 0.1) is 10.3 Å². The molecule has 0 bridgehead atoms. The van der Waals surface area contributed by atoms with Gasteiger partial charge >= 0.3 is 0 Å². The summed E-state index contributed by atoms with van der Waals surface area (Å²) in [7, 11) is 0. The number of rotatable bonds is 9. The van der Waals surface area contributed by atoms with Gasteiger partial charge in [-0.25, -0.2) is 0 Å². The first-order valence-electron chi connectivity index (χ1n) is 11.2. The molecule has 0 aliphatic carbocycles. The molecule has 3 rings (SSSR count). The quantitative estimate of drug-likeness (QED) is 0.451. The van der Waals surface area contributed by atoms with Gasteiger partial charge in [0.1, 0.15) is 12.4 Å². The van der Waals surface area contributed by atoms with Crippen molar-refractivity contribution >= 4 is 29.3 Å². The number of amides is 1. The summed E-state index contributed by atoms with van der Waals surface area (Å²) in [5, 5.41) is 9.99. The number of carbonyl (C=O) groups is 1. The first-order valence-corrected chi connectivity index (χ1v) is 12.5. The standard InChI is InChI=1S/C23H33ClN4O2S/c1-5-18(6-2)28-21(15-30-20-10-8-7-9-19(20)24)25-26-23(28)31-17(4)22(29)27-13-11-16(3)12-14-27/h7-10,16-18H,5-6,11-15H2,1-4H3. The molecule has 31 heavy (non-hydrogen) atoms. The van der Waals surface area contributed by atoms with Crippen LogP contribution in [0, 0.1) is 5.92 Å². The number of benzene rings is 1. The second-order valence-corrected chi connectivity index (χ2v) is 9.94. The molecule has 1 aliphatic rings. The van der Waals surface area contributed by atoms with Gasteiger partial charge in [0.2, 0.25) is 5.91 Å². The summed E-state index contributed by atoms with van der Waals surface area (Å²) in [6.45, 7) is 10.5. The Morgan fingerprint density at radius 1 is 1.23 bits per heavy atom. The second-order valence-electron chi connectivity index (χ2n) is 8.23. The Balaban J connectivity index is 1.75. The molecule has 1 fully saturated rings. The van der Waals surface area contributed by atoms with Crippen molar-refractivity contribution in [3.05, 3.63) is 35.1 Å². The van der Waals surface area contributed by atoms with E-state index in [0.29, 0.717) is 16.7 Å². The van der Waals surface area contributed by atoms with Crippen LogP contribution in [0.1, 0.15) is 65.2 Å². The van der Waals surface area contributed by atoms with Crippen LogP contribution in [0.25, 0.3) is 0 Å². The highest BCUT2D eigenvalue weighted by Gasteiger charge is 2.28. The number of para-hydroxylation sites is 1. The van der Waals surface area contributed by atoms with E-state index in [2.05, 4.69) is 35.5 Å². The van der Waals surface area contributed by atoms with Gasteiger partial charge in [0.25, 0.3) is 0 Å². The Morgan fingerprint density at radius 3 is 2.55 bits per heavy atom. The number of aromatic nitrogens is 3. The highest BCUT2D eigenvalue weighted by Crippen LogP contribution is 2.31. The Morgan fingerprint density at radius 2 is 1.90 bits per heavy atom. The van der Waals surface area contributed by atoms with Crippen molar-refractivity contribution < 1.29 is 9.53 Å². The molecule has 2 heterocycles. The van der Waals surface area contributed by atoms with Crippen molar-refractivity contribution in [2.45, 2.75) is 76.4 Å². The van der Waals surface area contributed by atoms with Crippen molar-refractivity contribution in [3.8, 4) is 5.75 Å². The maximum atomic E-state index is 13.0. The van der Waals surface area contributed by atoms with Crippen molar-refractivity contribution in [2.24, 2.45) is 5.92 Å². The van der Waals surface area contributed by atoms with Gasteiger partial charge in [-0.2, -0.15) is 0 Å². The summed E-state index contributed by atoms with van der Waals surface area (Å²) in [5.41, 5.74) is 0. The summed E-state index contributed by atoms with van der Waals surface area (Å²) in [6, 6.07) is 7.66. The van der Waals surface area contributed by atoms with Crippen LogP contribution in [0.4, 0.5) is 0 Å². The van der Waals surface area contributed by atoms with Crippen molar-refractivity contribution in [3.63, 3.8) is 0 Å². The molecule has 1 saturated heterocycles. The Bertz CT molecular complexity index is 863. The molecule has 0 radical (unpaired) electrons. The highest BCUT2D eigenvalue weighted by molar-refractivity contribution is 8.00. The second kappa shape index (κ2) is 11.2. The van der Waals surface area contributed by atoms with Crippen LogP contribution >= 0.6 is 23.4 Å². The summed E-state index contributed by atoms with van der Waals surface area (Å²) < 4.78 is 8.08. The molecule has 0 N–H and O–H groups in total. The summed E-state index contributed by atoms with van der Waals surface area (Å²) in [4.78, 5) is 15.0. The average Bonchev–Trinajstić information content (AvgIpc) is 3.16. The minimum atomic E-state index is -0.206. The van der Waals surface area contributed by atoms with Gasteiger partial charge in [-0.1, -0.05) is 56.3 Å². The fourth-order valence-corrected chi connectivity index (χ4v) is 5.12. The number of piperidine rings is 1. The SMILES string of the molecule is CCC(CC)n1c(COc2ccccc2Cl)nnc1SC(C)C(=O)N1CCC(C)CC1. The lowest BCUT2D eigenvalue weighted by molar-refractivity contribution is -0.131. The number of likely N-dealkylation sites (tertiary alicyclic amines) is 1. The third-order valence-electron chi connectivity index (χ3n) is 5.96. The van der Waals surface area contributed by atoms with E-state index in [1.54, 1.807) is 6.07 Å². The molecule has 8 heteroatoms. The first-order chi connectivity index (χ1) is 14.9. The van der Waals surface area contributed by atoms with Crippen molar-refractivity contribution in [1.29, 1.82) is 0 Å². The molecule has 170 valence electrons. The zero-order valence-corrected chi connectivity index (χ0v) is 20.5. The Kier molecular flexibility index (Phi) is 8.67. The van der Waals surface area contributed by atoms with Crippen LogP contribution in [0.3, 0.4) is 0 Å². The largest absolute Gasteiger partial charge is 0.484 e. The molecule has 1 aromatic heterocycles. The fraction of sp³-hybridized carbons (Fsp3) is 0.609. The first kappa shape index (κ1) is 23.9. The molecule has 1 atom stereocenters. The smallest absolute Gasteiger partial charge is 0.235 e. The van der Waals surface area contributed by atoms with Gasteiger partial charge < -0.3 is 14.2 Å². The number of thioether (sulfide) groups is 1. The number of halogens is 1. The minimum Gasteiger partial charge on any atom is -0.484 e. The highest BCUT2D eigenvalue weighted by atomic mass is 35.5. The monoisotopic (exact) mass is 464 g/mol. The summed E-state index contributed by atoms with van der Waals surface area (Å²) in [6.07, 6.45) is 4.06. The van der Waals surface area contributed by atoms with E-state index in [4.69, 9.17) is 16.3 Å². The van der Waals surface area contributed by atoms with E-state index < -0.39 is 0 Å². The number of hydrogen-bond acceptors (Lipinski definition) is 5. The van der Waals surface area contributed by atoms with Crippen LogP contribution in [0.5, 0.6) is 5.75 Å². The molecular formula is C23H33ClN4O2S. The van der Waals surface area contributed by atoms with E-state index in [1.807, 2.05) is 30.0 Å². The van der Waals surface area contributed by atoms with E-state index >= 15 is 0 Å². The molecular weight excluding hydrogens is 432 g/mol. The maximum Gasteiger partial charge on any atom is 0.235 e. The van der Waals surface area contributed by atoms with Crippen molar-refractivity contribution in [1.82, 2.24) is 19.7 Å². The molecule has 6 nitrogen and oxygen atoms in total. The van der Waals surface area contributed by atoms with E-state index in [-0.39, 0.29) is 23.8 Å². The van der Waals surface area contributed by atoms with Crippen molar-refractivity contribution in [2.75, 3.05) is 13.1 Å². The number of nitrogens with zero attached hydrogens (tertiary/aromatic N) is 4. The predicted molar refractivity (Wildman–Crippen MR) is 126 cm³/mol. The topological polar surface area (TPSA) is 60.2 Å². The Labute approximate surface area is 194 Å². The lowest BCUT2D eigenvalue weighted by Gasteiger charge is -2.32. The lowest BCUT2D eigenvalue weighted by Crippen LogP contribution is -2.41. The van der Waals surface area contributed by atoms with E-state index in [0.717, 1.165) is 49.8 Å². The van der Waals surface area contributed by atoms with E-state index in [1.165, 1.54) is 11.8 Å². The lowest BCUT2D eigenvalue weighted by atomic mass is 9.99. The van der Waals surface area contributed by atoms with Gasteiger partial charge in [0, 0.05) is 19.1 Å². The van der Waals surface area contributed by atoms with E-state index in [9.17, 15) is 4.79 Å². The fourth-order valence-electron chi connectivity index (χ4n) is 3.91. The van der Waals surface area contributed by atoms with Gasteiger partial charge in [0.15, 0.2) is 11.0 Å². The van der Waals surface area contributed by atoms with Crippen LogP contribution < -0.4 is 4.74 Å². The predicted octanol–water partition coefficient (Wildman–Crippen LogP) is 5.61. The molecule has 0 saturated carbocycles. The maximum absolute atomic E-state index is 13.0. The molecule has 1 amide bonds. The van der Waals surface area contributed by atoms with Gasteiger partial charge in [-0.15, -0.1) is 10.2 Å². The molecule has 1 unspecified atom stereocenters. The van der Waals surface area contributed by atoms with Crippen LogP contribution in [0.2, 0.25) is 5.02 Å². The number of hydrogen-bond donors (Lipinski definition) is 0. The van der Waals surface area contributed by atoms with Gasteiger partial charge in [-0.3, -0.25) is 4.79 Å². The third-order valence-corrected chi connectivity index (χ3v) is 7.32. The van der Waals surface area contributed by atoms with Crippen LogP contribution in [0.15, 0.2) is 29.4 Å². The average molecular weight is 465 g/mol. The normalized spacial score (nSPS) is 16.0. The molecule has 1 aliphatic heterocycles. The summed E-state index contributed by atoms with van der Waals surface area (Å²) >= 11 is 7.72. The minimum absolute atomic E-state index is 0.185. The zero-order chi connectivity index (χ0) is 22.4. The molecule has 2 aromatic rings. The molecule has 1 aromatic carbocycles. The number of ether oxygens (including phenoxy) is 1. The zero-order valence-electron chi connectivity index (χ0n) is 18.9. The summed E-state index contributed by atoms with van der Waals surface area (Å²) in [5.74, 6) is 2.26.